The molecular weight excluding hydrogens is 244 g/mol. The normalized spacial score (nSPS) is 15.6. The van der Waals surface area contributed by atoms with E-state index in [-0.39, 0.29) is 18.4 Å². The summed E-state index contributed by atoms with van der Waals surface area (Å²) in [4.78, 5) is 32.3. The van der Waals surface area contributed by atoms with Gasteiger partial charge in [0.2, 0.25) is 11.8 Å². The summed E-state index contributed by atoms with van der Waals surface area (Å²) in [6.45, 7) is 1.25. The number of hydrogen-bond donors (Lipinski definition) is 2. The van der Waals surface area contributed by atoms with Crippen molar-refractivity contribution < 1.29 is 9.59 Å². The summed E-state index contributed by atoms with van der Waals surface area (Å²) in [5.74, 6) is -0.125. The summed E-state index contributed by atoms with van der Waals surface area (Å²) in [6, 6.07) is 3.78. The monoisotopic (exact) mass is 258 g/mol. The van der Waals surface area contributed by atoms with E-state index < -0.39 is 0 Å². The molecule has 1 aliphatic heterocycles. The largest absolute Gasteiger partial charge is 0.353 e. The summed E-state index contributed by atoms with van der Waals surface area (Å²) in [7, 11) is 0. The number of amides is 2. The lowest BCUT2D eigenvalue weighted by molar-refractivity contribution is -0.137. The fourth-order valence-corrected chi connectivity index (χ4v) is 2.29. The molecule has 1 aliphatic rings. The maximum Gasteiger partial charge on any atom is 0.239 e. The molecule has 0 radical (unpaired) electrons. The Morgan fingerprint density at radius 2 is 2.37 bits per heavy atom. The minimum Gasteiger partial charge on any atom is -0.353 e. The quantitative estimate of drug-likeness (QED) is 0.799. The van der Waals surface area contributed by atoms with Gasteiger partial charge in [0.25, 0.3) is 0 Å². The van der Waals surface area contributed by atoms with Gasteiger partial charge in [-0.1, -0.05) is 0 Å². The summed E-state index contributed by atoms with van der Waals surface area (Å²) >= 11 is 0. The van der Waals surface area contributed by atoms with Gasteiger partial charge in [-0.05, 0) is 17.7 Å². The van der Waals surface area contributed by atoms with Crippen LogP contribution >= 0.6 is 0 Å². The zero-order chi connectivity index (χ0) is 13.2. The molecule has 6 heteroatoms. The van der Waals surface area contributed by atoms with Crippen LogP contribution in [0.1, 0.15) is 5.56 Å². The van der Waals surface area contributed by atoms with Crippen molar-refractivity contribution in [3.05, 3.63) is 30.1 Å². The molecule has 1 fully saturated rings. The van der Waals surface area contributed by atoms with Crippen LogP contribution < -0.4 is 5.32 Å². The first-order valence-electron chi connectivity index (χ1n) is 6.19. The minimum absolute atomic E-state index is 0.0281. The lowest BCUT2D eigenvalue weighted by Crippen LogP contribution is -2.50. The van der Waals surface area contributed by atoms with Gasteiger partial charge in [0, 0.05) is 30.9 Å². The first-order chi connectivity index (χ1) is 9.24. The van der Waals surface area contributed by atoms with Gasteiger partial charge in [-0.15, -0.1) is 0 Å². The van der Waals surface area contributed by atoms with E-state index in [0.29, 0.717) is 19.5 Å². The molecule has 2 amide bonds. The molecule has 0 saturated carbocycles. The average molecular weight is 258 g/mol. The third-order valence-electron chi connectivity index (χ3n) is 3.27. The summed E-state index contributed by atoms with van der Waals surface area (Å²) < 4.78 is 0. The Morgan fingerprint density at radius 3 is 3.21 bits per heavy atom. The topological polar surface area (TPSA) is 78.1 Å². The van der Waals surface area contributed by atoms with Gasteiger partial charge >= 0.3 is 0 Å². The molecule has 6 nitrogen and oxygen atoms in total. The Hall–Kier alpha value is -2.37. The summed E-state index contributed by atoms with van der Waals surface area (Å²) in [5.41, 5.74) is 1.70. The second-order valence-electron chi connectivity index (χ2n) is 4.56. The smallest absolute Gasteiger partial charge is 0.239 e. The molecule has 98 valence electrons. The summed E-state index contributed by atoms with van der Waals surface area (Å²) in [5, 5.41) is 3.66. The zero-order valence-electron chi connectivity index (χ0n) is 10.3. The number of pyridine rings is 1. The number of hydrogen-bond acceptors (Lipinski definition) is 3. The Bertz CT molecular complexity index is 634. The SMILES string of the molecule is O=C1CN(C(=O)Cc2c[nH]c3ncccc23)CCN1. The van der Waals surface area contributed by atoms with Crippen LogP contribution in [0.15, 0.2) is 24.5 Å². The number of piperazine rings is 1. The van der Waals surface area contributed by atoms with Gasteiger partial charge in [0.05, 0.1) is 13.0 Å². The molecule has 0 atom stereocenters. The van der Waals surface area contributed by atoms with Gasteiger partial charge in [-0.2, -0.15) is 0 Å². The molecule has 3 rings (SSSR count). The summed E-state index contributed by atoms with van der Waals surface area (Å²) in [6.07, 6.45) is 3.80. The number of aromatic nitrogens is 2. The maximum absolute atomic E-state index is 12.2. The fraction of sp³-hybridized carbons (Fsp3) is 0.308. The molecule has 0 bridgehead atoms. The lowest BCUT2D eigenvalue weighted by atomic mass is 10.1. The van der Waals surface area contributed by atoms with E-state index in [0.717, 1.165) is 16.6 Å². The zero-order valence-corrected chi connectivity index (χ0v) is 10.3. The first-order valence-corrected chi connectivity index (χ1v) is 6.19. The molecule has 2 aromatic rings. The van der Waals surface area contributed by atoms with Crippen molar-refractivity contribution in [1.82, 2.24) is 20.2 Å². The molecule has 2 aromatic heterocycles. The minimum atomic E-state index is -0.0970. The highest BCUT2D eigenvalue weighted by atomic mass is 16.2. The Labute approximate surface area is 109 Å². The van der Waals surface area contributed by atoms with Gasteiger partial charge in [-0.3, -0.25) is 9.59 Å². The van der Waals surface area contributed by atoms with Gasteiger partial charge in [0.1, 0.15) is 5.65 Å². The van der Waals surface area contributed by atoms with Crippen molar-refractivity contribution in [3.63, 3.8) is 0 Å². The maximum atomic E-state index is 12.2. The number of H-pyrrole nitrogens is 1. The highest BCUT2D eigenvalue weighted by Gasteiger charge is 2.21. The van der Waals surface area contributed by atoms with Crippen LogP contribution in [0.3, 0.4) is 0 Å². The number of nitrogens with one attached hydrogen (secondary N) is 2. The first kappa shape index (κ1) is 11.7. The Morgan fingerprint density at radius 1 is 1.47 bits per heavy atom. The van der Waals surface area contributed by atoms with Crippen molar-refractivity contribution >= 4 is 22.8 Å². The van der Waals surface area contributed by atoms with Crippen molar-refractivity contribution in [2.24, 2.45) is 0 Å². The molecule has 0 aromatic carbocycles. The van der Waals surface area contributed by atoms with Crippen molar-refractivity contribution in [2.45, 2.75) is 6.42 Å². The molecule has 0 unspecified atom stereocenters. The number of rotatable bonds is 2. The number of carbonyl (C=O) groups is 2. The molecular formula is C13H14N4O2. The Kier molecular flexibility index (Phi) is 2.91. The van der Waals surface area contributed by atoms with Crippen LogP contribution in [0, 0.1) is 0 Å². The fourth-order valence-electron chi connectivity index (χ4n) is 2.29. The third-order valence-corrected chi connectivity index (χ3v) is 3.27. The number of carbonyl (C=O) groups excluding carboxylic acids is 2. The van der Waals surface area contributed by atoms with E-state index in [2.05, 4.69) is 15.3 Å². The predicted molar refractivity (Wildman–Crippen MR) is 69.4 cm³/mol. The van der Waals surface area contributed by atoms with Crippen LogP contribution in [0.4, 0.5) is 0 Å². The van der Waals surface area contributed by atoms with Crippen molar-refractivity contribution in [3.8, 4) is 0 Å². The highest BCUT2D eigenvalue weighted by Crippen LogP contribution is 2.16. The van der Waals surface area contributed by atoms with Crippen LogP contribution in [-0.2, 0) is 16.0 Å². The number of aromatic amines is 1. The van der Waals surface area contributed by atoms with E-state index in [1.54, 1.807) is 17.3 Å². The molecule has 0 spiro atoms. The van der Waals surface area contributed by atoms with Gasteiger partial charge < -0.3 is 15.2 Å². The van der Waals surface area contributed by atoms with E-state index in [9.17, 15) is 9.59 Å². The predicted octanol–water partition coefficient (Wildman–Crippen LogP) is 0.0638. The van der Waals surface area contributed by atoms with E-state index in [1.807, 2.05) is 12.1 Å². The van der Waals surface area contributed by atoms with Crippen LogP contribution in [0.2, 0.25) is 0 Å². The molecule has 3 heterocycles. The third kappa shape index (κ3) is 2.29. The van der Waals surface area contributed by atoms with Crippen LogP contribution in [-0.4, -0.2) is 46.3 Å². The van der Waals surface area contributed by atoms with E-state index in [1.165, 1.54) is 0 Å². The number of fused-ring (bicyclic) bond motifs is 1. The second kappa shape index (κ2) is 4.72. The van der Waals surface area contributed by atoms with Gasteiger partial charge in [-0.25, -0.2) is 4.98 Å². The van der Waals surface area contributed by atoms with Gasteiger partial charge in [0.15, 0.2) is 0 Å². The molecule has 1 saturated heterocycles. The average Bonchev–Trinajstić information content (AvgIpc) is 2.82. The van der Waals surface area contributed by atoms with E-state index >= 15 is 0 Å². The molecule has 2 N–H and O–H groups in total. The highest BCUT2D eigenvalue weighted by molar-refractivity contribution is 5.90. The van der Waals surface area contributed by atoms with Crippen LogP contribution in [0.5, 0.6) is 0 Å². The molecule has 19 heavy (non-hydrogen) atoms. The standard InChI is InChI=1S/C13H14N4O2/c18-11-8-17(5-4-14-11)12(19)6-9-7-16-13-10(9)2-1-3-15-13/h1-3,7H,4-6,8H2,(H,14,18)(H,15,16). The van der Waals surface area contributed by atoms with Crippen molar-refractivity contribution in [2.75, 3.05) is 19.6 Å². The molecule has 0 aliphatic carbocycles. The van der Waals surface area contributed by atoms with Crippen LogP contribution in [0.25, 0.3) is 11.0 Å². The second-order valence-corrected chi connectivity index (χ2v) is 4.56. The van der Waals surface area contributed by atoms with E-state index in [4.69, 9.17) is 0 Å². The number of nitrogens with zero attached hydrogens (tertiary/aromatic N) is 2. The van der Waals surface area contributed by atoms with Crippen molar-refractivity contribution in [1.29, 1.82) is 0 Å². The Balaban J connectivity index is 1.77. The lowest BCUT2D eigenvalue weighted by Gasteiger charge is -2.26.